The molecule has 0 amide bonds. The summed E-state index contributed by atoms with van der Waals surface area (Å²) in [6, 6.07) is 0. The molecule has 0 saturated heterocycles. The zero-order chi connectivity index (χ0) is 70.2. The Hall–Kier alpha value is -5.14. The van der Waals surface area contributed by atoms with Crippen molar-refractivity contribution in [2.24, 2.45) is 131 Å². The number of carbonyl (C=O) groups excluding carboxylic acids is 3. The fourth-order valence-corrected chi connectivity index (χ4v) is 27.3. The van der Waals surface area contributed by atoms with Crippen LogP contribution in [0.2, 0.25) is 0 Å². The summed E-state index contributed by atoms with van der Waals surface area (Å²) in [5.41, 5.74) is 3.45. The fourth-order valence-electron chi connectivity index (χ4n) is 26.9. The predicted octanol–water partition coefficient (Wildman–Crippen LogP) is 15.7. The van der Waals surface area contributed by atoms with E-state index in [-0.39, 0.29) is 41.4 Å². The first kappa shape index (κ1) is 72.8. The highest BCUT2D eigenvalue weighted by molar-refractivity contribution is 9.09. The molecule has 548 valence electrons. The van der Waals surface area contributed by atoms with E-state index in [2.05, 4.69) is 119 Å². The number of carbonyl (C=O) groups is 3. The third-order valence-electron chi connectivity index (χ3n) is 32.2. The van der Waals surface area contributed by atoms with Gasteiger partial charge in [0, 0.05) is 47.5 Å². The van der Waals surface area contributed by atoms with Crippen LogP contribution in [0, 0.1) is 121 Å². The van der Waals surface area contributed by atoms with E-state index in [4.69, 9.17) is 0 Å². The Labute approximate surface area is 607 Å². The predicted molar refractivity (Wildman–Crippen MR) is 395 cm³/mol. The van der Waals surface area contributed by atoms with Crippen molar-refractivity contribution in [3.8, 4) is 0 Å². The molecule has 12 aliphatic carbocycles. The first-order chi connectivity index (χ1) is 47.6. The smallest absolute Gasteiger partial charge is 0.289 e. The maximum Gasteiger partial charge on any atom is 0.289 e. The number of ketones is 3. The monoisotopic (exact) mass is 1450 g/mol. The lowest BCUT2D eigenvalue weighted by Gasteiger charge is -2.61. The van der Waals surface area contributed by atoms with Gasteiger partial charge in [-0.2, -0.15) is 15.3 Å². The number of aromatic nitrogens is 11. The summed E-state index contributed by atoms with van der Waals surface area (Å²) >= 11 is 3.43. The molecular weight excluding hydrogens is 1330 g/mol. The molecule has 13 aliphatic rings. The van der Waals surface area contributed by atoms with Gasteiger partial charge >= 0.3 is 0 Å². The summed E-state index contributed by atoms with van der Waals surface area (Å²) in [6.45, 7) is 21.6. The average Bonchev–Trinajstić information content (AvgIpc) is 1.66. The second-order valence-corrected chi connectivity index (χ2v) is 37.8. The summed E-state index contributed by atoms with van der Waals surface area (Å²) < 4.78 is 3.47. The van der Waals surface area contributed by atoms with Gasteiger partial charge in [-0.3, -0.25) is 14.4 Å². The van der Waals surface area contributed by atoms with Crippen molar-refractivity contribution in [3.63, 3.8) is 0 Å². The van der Waals surface area contributed by atoms with E-state index in [0.29, 0.717) is 110 Å². The zero-order valence-corrected chi connectivity index (χ0v) is 62.8. The Bertz CT molecular complexity index is 3880. The summed E-state index contributed by atoms with van der Waals surface area (Å²) in [4.78, 5) is 64.5. The Morgan fingerprint density at radius 1 is 0.505 bits per heavy atom. The number of aliphatic hydroxyl groups is 3. The molecule has 24 atom stereocenters. The summed E-state index contributed by atoms with van der Waals surface area (Å²) in [6.07, 6.45) is 45.4. The number of aliphatic imine (C=N–C) groups is 2. The van der Waals surface area contributed by atoms with Crippen LogP contribution in [0.1, 0.15) is 243 Å². The molecule has 0 aromatic carbocycles. The molecule has 5 aromatic rings. The number of H-pyrrole nitrogens is 1. The summed E-state index contributed by atoms with van der Waals surface area (Å²) in [5, 5.41) is 51.3. The van der Waals surface area contributed by atoms with Gasteiger partial charge in [0.1, 0.15) is 30.6 Å². The number of hydrogen-bond acceptors (Lipinski definition) is 16. The van der Waals surface area contributed by atoms with Crippen LogP contribution in [0.4, 0.5) is 11.5 Å². The van der Waals surface area contributed by atoms with Gasteiger partial charge in [0.25, 0.3) is 11.5 Å². The normalized spacial score (nSPS) is 44.1. The van der Waals surface area contributed by atoms with Crippen molar-refractivity contribution < 1.29 is 29.7 Å². The Kier molecular flexibility index (Phi) is 19.5. The quantitative estimate of drug-likeness (QED) is 0.0832. The van der Waals surface area contributed by atoms with Crippen LogP contribution in [-0.2, 0) is 27.5 Å². The molecule has 19 nitrogen and oxygen atoms in total. The molecule has 5 aromatic heterocycles. The summed E-state index contributed by atoms with van der Waals surface area (Å²) in [7, 11) is 0. The molecular formula is C81H117BrN13O6+. The first-order valence-electron chi connectivity index (χ1n) is 39.1. The third-order valence-corrected chi connectivity index (χ3v) is 32.7. The molecule has 6 heterocycles. The van der Waals surface area contributed by atoms with Crippen molar-refractivity contribution in [1.29, 1.82) is 0 Å². The van der Waals surface area contributed by atoms with E-state index < -0.39 is 16.8 Å². The minimum absolute atomic E-state index is 0. The number of fused-ring (bicyclic) bond motifs is 18. The lowest BCUT2D eigenvalue weighted by atomic mass is 9.44. The number of nitrogens with one attached hydrogen (secondary N) is 1. The highest BCUT2D eigenvalue weighted by atomic mass is 79.9. The van der Waals surface area contributed by atoms with Gasteiger partial charge in [0.15, 0.2) is 23.4 Å². The molecule has 18 rings (SSSR count). The van der Waals surface area contributed by atoms with Crippen LogP contribution in [0.25, 0.3) is 22.5 Å². The molecule has 0 bridgehead atoms. The molecule has 1 aliphatic heterocycles. The Balaban J connectivity index is 0.000000121. The highest BCUT2D eigenvalue weighted by Gasteiger charge is 2.66. The molecule has 20 heteroatoms. The number of aromatic amines is 1. The summed E-state index contributed by atoms with van der Waals surface area (Å²) in [5.74, 6) is 10.9. The van der Waals surface area contributed by atoms with Crippen molar-refractivity contribution in [2.75, 3.05) is 5.33 Å². The van der Waals surface area contributed by atoms with Crippen molar-refractivity contribution in [2.45, 2.75) is 273 Å². The van der Waals surface area contributed by atoms with Gasteiger partial charge in [-0.25, -0.2) is 29.3 Å². The maximum absolute atomic E-state index is 13.6. The molecule has 0 radical (unpaired) electrons. The number of alkyl halides is 1. The maximum atomic E-state index is 13.6. The van der Waals surface area contributed by atoms with E-state index in [9.17, 15) is 29.7 Å². The van der Waals surface area contributed by atoms with Gasteiger partial charge < -0.3 is 15.3 Å². The Morgan fingerprint density at radius 3 is 1.37 bits per heavy atom. The minimum atomic E-state index is -0.481. The van der Waals surface area contributed by atoms with Gasteiger partial charge in [0.2, 0.25) is 17.5 Å². The lowest BCUT2D eigenvalue weighted by molar-refractivity contribution is -0.151. The molecule has 0 spiro atoms. The van der Waals surface area contributed by atoms with Gasteiger partial charge in [-0.05, 0) is 298 Å². The van der Waals surface area contributed by atoms with Crippen LogP contribution in [-0.4, -0.2) is 122 Å². The number of rotatable bonds is 8. The molecule has 101 heavy (non-hydrogen) atoms. The van der Waals surface area contributed by atoms with Gasteiger partial charge in [-0.15, -0.1) is 15.3 Å². The van der Waals surface area contributed by atoms with Crippen LogP contribution < -0.4 is 0 Å². The Morgan fingerprint density at radius 2 is 0.921 bits per heavy atom. The minimum Gasteiger partial charge on any atom is -0.390 e. The first-order valence-corrected chi connectivity index (χ1v) is 40.2. The zero-order valence-electron chi connectivity index (χ0n) is 61.2. The van der Waals surface area contributed by atoms with Crippen molar-refractivity contribution in [3.05, 3.63) is 37.2 Å². The fraction of sp³-hybridized carbons (Fsp3) is 0.790. The number of halogens is 1. The van der Waals surface area contributed by atoms with E-state index in [1.165, 1.54) is 96.1 Å². The second kappa shape index (κ2) is 27.0. The average molecular weight is 1450 g/mol. The third kappa shape index (κ3) is 12.8. The molecule has 4 N–H and O–H groups in total. The SMILES string of the molecule is C.C[C@@]1(O)CC[C@@]2(C)[C@@H](CC[C@@H]3[C@@H]2CC[C@]2(C)[C@@H](C(=O)CBr)CC[C@@H]32)C1.C[C@@]1(O)CC[C@@]2(C)[C@@H](CC[C@@H]3[C@@H]2CC[C@]2(C)[C@@H](C(=O)Cn4cc5c(n4)N=C[C+]=N5)CC[C@@H]32)C1.C[C@@]1(O)CC[C@@]2(C)[C@@H](CC[C@@H]3[C@@H]2CC[C@]2(C)[C@@H](C(=O)Cn4ncc5nccnc54)CC[C@@H]32)C1.c1cnc2n[nH]nc2n1. The number of Topliss-reactive ketones (excluding diaryl/α,β-unsaturated/α-hetero) is 3. The molecule has 12 fully saturated rings. The lowest BCUT2D eigenvalue weighted by Crippen LogP contribution is -2.55. The van der Waals surface area contributed by atoms with Crippen LogP contribution in [0.3, 0.4) is 0 Å². The van der Waals surface area contributed by atoms with Gasteiger partial charge in [0.05, 0.1) is 28.3 Å². The molecule has 12 saturated carbocycles. The van der Waals surface area contributed by atoms with Gasteiger partial charge in [-0.1, -0.05) is 64.9 Å². The number of nitrogens with zero attached hydrogens (tertiary/aromatic N) is 12. The topological polar surface area (TPSA) is 265 Å². The molecule has 0 unspecified atom stereocenters. The standard InChI is InChI=1S/C27H37N4O2.C27H38N4O2.C22H35BrO2.C4H3N5.CH4/c1-25(33)10-11-26(2)17(14-25)4-5-18-19-6-7-21(27(19,3)9-8-20(18)26)23(32)16-31-15-22-24(30-31)29-13-12-28-22;1-25(33)10-11-26(2)17(14-25)4-5-18-19-6-7-21(27(19,3)9-8-20(18)26)23(32)16-31-24-22(15-30-31)28-12-13-29-24;1-20(25)10-11-21(2)14(12-20)4-5-15-16-6-7-18(19(24)13-23)22(16,3)9-8-17(15)21;1-2-6-4-3(5-1)7-9-8-4;/h13,15,17-21,33H,4-11,14,16H2,1-3H3;12-13,15,17-21,33H,4-11,14,16H2,1-3H3;14-18,25H,4-13H2,1-3H3;1-2H,(H,5,6,7,8,9);1H4/q+1;;;;/t2*17-,18-,19-,20-,21+,25+,26-,27-;14-,15-,16-,17-,18+,20+,21-,22-;;/m000../s1. The van der Waals surface area contributed by atoms with E-state index in [1.54, 1.807) is 40.3 Å². The van der Waals surface area contributed by atoms with Crippen LogP contribution in [0.15, 0.2) is 47.2 Å². The largest absolute Gasteiger partial charge is 0.390 e. The number of hydrogen-bond donors (Lipinski definition) is 4. The van der Waals surface area contributed by atoms with Crippen molar-refractivity contribution in [1.82, 2.24) is 54.9 Å². The second-order valence-electron chi connectivity index (χ2n) is 37.3. The van der Waals surface area contributed by atoms with Crippen LogP contribution in [0.5, 0.6) is 0 Å². The van der Waals surface area contributed by atoms with E-state index in [0.717, 1.165) is 130 Å². The highest BCUT2D eigenvalue weighted by Crippen LogP contribution is 2.72. The van der Waals surface area contributed by atoms with E-state index >= 15 is 0 Å². The van der Waals surface area contributed by atoms with Crippen molar-refractivity contribution >= 4 is 79.7 Å². The van der Waals surface area contributed by atoms with E-state index in [1.807, 2.05) is 27.0 Å². The van der Waals surface area contributed by atoms with Crippen LogP contribution >= 0.6 is 15.9 Å².